The van der Waals surface area contributed by atoms with Crippen LogP contribution < -0.4 is 5.32 Å². The van der Waals surface area contributed by atoms with Crippen LogP contribution in [0.1, 0.15) is 11.1 Å². The largest absolute Gasteiger partial charge is 0.507 e. The van der Waals surface area contributed by atoms with Crippen LogP contribution >= 0.6 is 22.6 Å². The van der Waals surface area contributed by atoms with Crippen LogP contribution in [0.5, 0.6) is 5.75 Å². The lowest BCUT2D eigenvalue weighted by atomic mass is 10.1. The fourth-order valence-corrected chi connectivity index (χ4v) is 1.87. The molecule has 19 heavy (non-hydrogen) atoms. The number of halogens is 1. The number of benzene rings is 1. The Bertz CT molecular complexity index is 486. The number of rotatable bonds is 7. The van der Waals surface area contributed by atoms with Crippen LogP contribution in [0.4, 0.5) is 0 Å². The van der Waals surface area contributed by atoms with Crippen molar-refractivity contribution < 1.29 is 14.6 Å². The molecule has 0 spiro atoms. The number of hydrogen-bond acceptors (Lipinski definition) is 3. The van der Waals surface area contributed by atoms with Crippen molar-refractivity contribution in [2.75, 3.05) is 13.2 Å². The van der Waals surface area contributed by atoms with Crippen LogP contribution in [0.2, 0.25) is 0 Å². The van der Waals surface area contributed by atoms with Gasteiger partial charge in [-0.15, -0.1) is 0 Å². The van der Waals surface area contributed by atoms with E-state index in [4.69, 9.17) is 4.74 Å². The molecule has 1 rings (SSSR count). The number of carbonyl (C=O) groups excluding carboxylic acids is 1. The SMILES string of the molecule is C=CC(=O)NCCOC(=C)c1ccc(CI)cc1O. The summed E-state index contributed by atoms with van der Waals surface area (Å²) in [4.78, 5) is 10.9. The van der Waals surface area contributed by atoms with Gasteiger partial charge in [0.25, 0.3) is 0 Å². The molecule has 102 valence electrons. The number of phenols is 1. The maximum absolute atomic E-state index is 10.9. The number of hydrogen-bond donors (Lipinski definition) is 2. The van der Waals surface area contributed by atoms with Gasteiger partial charge in [-0.05, 0) is 23.8 Å². The summed E-state index contributed by atoms with van der Waals surface area (Å²) in [5, 5.41) is 12.4. The lowest BCUT2D eigenvalue weighted by Gasteiger charge is -2.11. The molecule has 0 fully saturated rings. The minimum Gasteiger partial charge on any atom is -0.507 e. The van der Waals surface area contributed by atoms with Gasteiger partial charge in [-0.3, -0.25) is 4.79 Å². The molecule has 0 atom stereocenters. The van der Waals surface area contributed by atoms with Gasteiger partial charge in [0.15, 0.2) is 0 Å². The van der Waals surface area contributed by atoms with Gasteiger partial charge in [0.2, 0.25) is 5.91 Å². The van der Waals surface area contributed by atoms with Crippen molar-refractivity contribution in [2.45, 2.75) is 4.43 Å². The topological polar surface area (TPSA) is 58.6 Å². The van der Waals surface area contributed by atoms with Gasteiger partial charge in [-0.2, -0.15) is 0 Å². The number of ether oxygens (including phenoxy) is 1. The molecule has 1 aromatic rings. The first-order valence-electron chi connectivity index (χ1n) is 5.68. The number of nitrogens with one attached hydrogen (secondary N) is 1. The third kappa shape index (κ3) is 4.94. The van der Waals surface area contributed by atoms with E-state index in [0.717, 1.165) is 9.99 Å². The van der Waals surface area contributed by atoms with E-state index in [1.165, 1.54) is 6.08 Å². The minimum absolute atomic E-state index is 0.147. The average molecular weight is 373 g/mol. The standard InChI is InChI=1S/C14H16INO3/c1-3-14(18)16-6-7-19-10(2)12-5-4-11(9-15)8-13(12)17/h3-5,8,17H,1-2,6-7,9H2,(H,16,18). The van der Waals surface area contributed by atoms with Crippen LogP contribution in [-0.2, 0) is 14.0 Å². The van der Waals surface area contributed by atoms with E-state index in [-0.39, 0.29) is 18.3 Å². The molecule has 0 aromatic heterocycles. The zero-order valence-electron chi connectivity index (χ0n) is 10.5. The molecule has 1 aromatic carbocycles. The Morgan fingerprint density at radius 3 is 2.84 bits per heavy atom. The van der Waals surface area contributed by atoms with E-state index in [1.807, 2.05) is 6.07 Å². The van der Waals surface area contributed by atoms with Crippen molar-refractivity contribution in [3.05, 3.63) is 48.6 Å². The third-order valence-corrected chi connectivity index (χ3v) is 3.26. The summed E-state index contributed by atoms with van der Waals surface area (Å²) in [6.45, 7) is 7.75. The Hall–Kier alpha value is -1.50. The zero-order valence-corrected chi connectivity index (χ0v) is 12.6. The first kappa shape index (κ1) is 15.6. The van der Waals surface area contributed by atoms with Crippen molar-refractivity contribution in [1.29, 1.82) is 0 Å². The molecule has 0 unspecified atom stereocenters. The summed E-state index contributed by atoms with van der Waals surface area (Å²) in [7, 11) is 0. The second-order valence-corrected chi connectivity index (χ2v) is 4.51. The van der Waals surface area contributed by atoms with Crippen LogP contribution in [-0.4, -0.2) is 24.2 Å². The number of amides is 1. The molecule has 0 aliphatic rings. The van der Waals surface area contributed by atoms with E-state index in [2.05, 4.69) is 41.1 Å². The number of aromatic hydroxyl groups is 1. The molecule has 0 aliphatic carbocycles. The number of phenolic OH excluding ortho intramolecular Hbond substituents is 1. The molecular weight excluding hydrogens is 357 g/mol. The summed E-state index contributed by atoms with van der Waals surface area (Å²) in [5.74, 6) is 0.281. The van der Waals surface area contributed by atoms with Crippen molar-refractivity contribution >= 4 is 34.3 Å². The molecule has 0 aliphatic heterocycles. The highest BCUT2D eigenvalue weighted by Crippen LogP contribution is 2.26. The van der Waals surface area contributed by atoms with E-state index < -0.39 is 0 Å². The first-order chi connectivity index (χ1) is 9.08. The van der Waals surface area contributed by atoms with E-state index in [9.17, 15) is 9.90 Å². The van der Waals surface area contributed by atoms with Gasteiger partial charge in [0.1, 0.15) is 18.1 Å². The van der Waals surface area contributed by atoms with Crippen molar-refractivity contribution in [3.8, 4) is 5.75 Å². The van der Waals surface area contributed by atoms with Gasteiger partial charge in [0, 0.05) is 4.43 Å². The molecule has 5 heteroatoms. The molecular formula is C14H16INO3. The zero-order chi connectivity index (χ0) is 14.3. The highest BCUT2D eigenvalue weighted by molar-refractivity contribution is 14.1. The second kappa shape index (κ2) is 7.83. The number of carbonyl (C=O) groups is 1. The molecule has 0 saturated heterocycles. The first-order valence-corrected chi connectivity index (χ1v) is 7.21. The van der Waals surface area contributed by atoms with Gasteiger partial charge in [-0.1, -0.05) is 41.8 Å². The van der Waals surface area contributed by atoms with Crippen LogP contribution in [0.3, 0.4) is 0 Å². The predicted octanol–water partition coefficient (Wildman–Crippen LogP) is 2.62. The lowest BCUT2D eigenvalue weighted by Crippen LogP contribution is -2.24. The summed E-state index contributed by atoms with van der Waals surface area (Å²) in [5.41, 5.74) is 1.59. The molecule has 1 amide bonds. The Kier molecular flexibility index (Phi) is 6.41. The van der Waals surface area contributed by atoms with Crippen LogP contribution in [0, 0.1) is 0 Å². The van der Waals surface area contributed by atoms with Gasteiger partial charge >= 0.3 is 0 Å². The van der Waals surface area contributed by atoms with E-state index in [1.54, 1.807) is 12.1 Å². The highest BCUT2D eigenvalue weighted by atomic mass is 127. The predicted molar refractivity (Wildman–Crippen MR) is 84.0 cm³/mol. The van der Waals surface area contributed by atoms with Gasteiger partial charge in [-0.25, -0.2) is 0 Å². The monoisotopic (exact) mass is 373 g/mol. The maximum Gasteiger partial charge on any atom is 0.243 e. The quantitative estimate of drug-likeness (QED) is 0.254. The average Bonchev–Trinajstić information content (AvgIpc) is 2.42. The molecule has 0 bridgehead atoms. The van der Waals surface area contributed by atoms with Crippen molar-refractivity contribution in [3.63, 3.8) is 0 Å². The fourth-order valence-electron chi connectivity index (χ4n) is 1.39. The Labute approximate surface area is 126 Å². The maximum atomic E-state index is 10.9. The molecule has 0 heterocycles. The fraction of sp³-hybridized carbons (Fsp3) is 0.214. The lowest BCUT2D eigenvalue weighted by molar-refractivity contribution is -0.116. The Morgan fingerprint density at radius 2 is 2.26 bits per heavy atom. The van der Waals surface area contributed by atoms with Gasteiger partial charge in [0.05, 0.1) is 12.1 Å². The highest BCUT2D eigenvalue weighted by Gasteiger charge is 2.07. The normalized spacial score (nSPS) is 9.74. The third-order valence-electron chi connectivity index (χ3n) is 2.38. The summed E-state index contributed by atoms with van der Waals surface area (Å²) in [6.07, 6.45) is 1.20. The summed E-state index contributed by atoms with van der Waals surface area (Å²) < 4.78 is 6.20. The van der Waals surface area contributed by atoms with E-state index >= 15 is 0 Å². The molecule has 4 nitrogen and oxygen atoms in total. The van der Waals surface area contributed by atoms with Crippen LogP contribution in [0.15, 0.2) is 37.4 Å². The van der Waals surface area contributed by atoms with Gasteiger partial charge < -0.3 is 15.2 Å². The minimum atomic E-state index is -0.247. The summed E-state index contributed by atoms with van der Waals surface area (Å²) in [6, 6.07) is 5.37. The smallest absolute Gasteiger partial charge is 0.243 e. The van der Waals surface area contributed by atoms with E-state index in [0.29, 0.717) is 17.9 Å². The molecule has 0 saturated carbocycles. The Morgan fingerprint density at radius 1 is 1.53 bits per heavy atom. The molecule has 2 N–H and O–H groups in total. The van der Waals surface area contributed by atoms with Crippen LogP contribution in [0.25, 0.3) is 5.76 Å². The number of alkyl halides is 1. The summed E-state index contributed by atoms with van der Waals surface area (Å²) >= 11 is 2.22. The Balaban J connectivity index is 2.49. The van der Waals surface area contributed by atoms with Crippen molar-refractivity contribution in [2.24, 2.45) is 0 Å². The molecule has 0 radical (unpaired) electrons. The second-order valence-electron chi connectivity index (χ2n) is 3.75. The van der Waals surface area contributed by atoms with Crippen molar-refractivity contribution in [1.82, 2.24) is 5.32 Å².